The van der Waals surface area contributed by atoms with Crippen molar-refractivity contribution in [1.82, 2.24) is 5.32 Å². The Labute approximate surface area is 95.8 Å². The first kappa shape index (κ1) is 12.5. The van der Waals surface area contributed by atoms with Gasteiger partial charge in [0.2, 0.25) is 5.91 Å². The van der Waals surface area contributed by atoms with Crippen LogP contribution >= 0.6 is 0 Å². The van der Waals surface area contributed by atoms with E-state index in [1.165, 1.54) is 6.08 Å². The number of nitrogens with one attached hydrogen (secondary N) is 1. The van der Waals surface area contributed by atoms with Gasteiger partial charge in [-0.2, -0.15) is 0 Å². The fourth-order valence-electron chi connectivity index (χ4n) is 1.28. The summed E-state index contributed by atoms with van der Waals surface area (Å²) in [5.74, 6) is -0.0512. The van der Waals surface area contributed by atoms with Gasteiger partial charge in [0.15, 0.2) is 0 Å². The lowest BCUT2D eigenvalue weighted by molar-refractivity contribution is -0.121. The molecule has 0 spiro atoms. The molecule has 0 aliphatic heterocycles. The maximum Gasteiger partial charge on any atom is 0.220 e. The van der Waals surface area contributed by atoms with E-state index in [0.717, 1.165) is 5.56 Å². The van der Waals surface area contributed by atoms with Gasteiger partial charge in [-0.15, -0.1) is 6.58 Å². The van der Waals surface area contributed by atoms with Crippen molar-refractivity contribution >= 4 is 5.91 Å². The molecule has 16 heavy (non-hydrogen) atoms. The molecule has 1 amide bonds. The second-order valence-corrected chi connectivity index (χ2v) is 3.60. The predicted octanol–water partition coefficient (Wildman–Crippen LogP) is 1.63. The fourth-order valence-corrected chi connectivity index (χ4v) is 1.28. The molecule has 0 aromatic heterocycles. The van der Waals surface area contributed by atoms with Gasteiger partial charge in [0.05, 0.1) is 6.10 Å². The number of aliphatic hydroxyl groups is 1. The van der Waals surface area contributed by atoms with Crippen molar-refractivity contribution < 1.29 is 9.90 Å². The Hall–Kier alpha value is -1.61. The summed E-state index contributed by atoms with van der Waals surface area (Å²) in [6.45, 7) is 3.98. The summed E-state index contributed by atoms with van der Waals surface area (Å²) in [6.07, 6.45) is 1.58. The van der Waals surface area contributed by atoms with Crippen molar-refractivity contribution in [2.75, 3.05) is 0 Å². The van der Waals surface area contributed by atoms with Crippen LogP contribution in [0.25, 0.3) is 0 Å². The van der Waals surface area contributed by atoms with E-state index in [4.69, 9.17) is 0 Å². The fraction of sp³-hybridized carbons (Fsp3) is 0.308. The lowest BCUT2D eigenvalue weighted by Gasteiger charge is -2.06. The normalized spacial score (nSPS) is 11.8. The molecule has 86 valence electrons. The average molecular weight is 219 g/mol. The van der Waals surface area contributed by atoms with Crippen LogP contribution in [0.15, 0.2) is 43.0 Å². The minimum Gasteiger partial charge on any atom is -0.389 e. The number of rotatable bonds is 6. The number of hydrogen-bond donors (Lipinski definition) is 2. The van der Waals surface area contributed by atoms with Crippen LogP contribution in [0, 0.1) is 0 Å². The Morgan fingerprint density at radius 2 is 2.12 bits per heavy atom. The number of amides is 1. The number of carbonyl (C=O) groups is 1. The molecule has 0 aliphatic carbocycles. The maximum atomic E-state index is 11.4. The van der Waals surface area contributed by atoms with E-state index in [9.17, 15) is 9.90 Å². The highest BCUT2D eigenvalue weighted by Crippen LogP contribution is 2.00. The van der Waals surface area contributed by atoms with Crippen LogP contribution in [0.5, 0.6) is 0 Å². The van der Waals surface area contributed by atoms with Crippen molar-refractivity contribution in [2.45, 2.75) is 25.5 Å². The Balaban J connectivity index is 2.23. The largest absolute Gasteiger partial charge is 0.389 e. The van der Waals surface area contributed by atoms with Crippen LogP contribution in [0.2, 0.25) is 0 Å². The van der Waals surface area contributed by atoms with Crippen molar-refractivity contribution in [2.24, 2.45) is 0 Å². The van der Waals surface area contributed by atoms with Gasteiger partial charge in [-0.1, -0.05) is 36.4 Å². The second-order valence-electron chi connectivity index (χ2n) is 3.60. The monoisotopic (exact) mass is 219 g/mol. The SMILES string of the molecule is C=CC(O)CCC(=O)NCc1ccccc1. The third kappa shape index (κ3) is 4.75. The van der Waals surface area contributed by atoms with Crippen LogP contribution in [0.4, 0.5) is 0 Å². The average Bonchev–Trinajstić information content (AvgIpc) is 2.34. The van der Waals surface area contributed by atoms with Gasteiger partial charge in [0.1, 0.15) is 0 Å². The molecule has 0 fully saturated rings. The highest BCUT2D eigenvalue weighted by molar-refractivity contribution is 5.75. The molecule has 0 heterocycles. The summed E-state index contributed by atoms with van der Waals surface area (Å²) in [5.41, 5.74) is 1.07. The third-order valence-electron chi connectivity index (χ3n) is 2.27. The van der Waals surface area contributed by atoms with Crippen LogP contribution < -0.4 is 5.32 Å². The third-order valence-corrected chi connectivity index (χ3v) is 2.27. The number of benzene rings is 1. The van der Waals surface area contributed by atoms with Gasteiger partial charge < -0.3 is 10.4 Å². The zero-order chi connectivity index (χ0) is 11.8. The standard InChI is InChI=1S/C13H17NO2/c1-2-12(15)8-9-13(16)14-10-11-6-4-3-5-7-11/h2-7,12,15H,1,8-10H2,(H,14,16). The molecule has 0 aliphatic rings. The Morgan fingerprint density at radius 1 is 1.44 bits per heavy atom. The molecule has 0 bridgehead atoms. The van der Waals surface area contributed by atoms with Crippen LogP contribution in [-0.2, 0) is 11.3 Å². The lowest BCUT2D eigenvalue weighted by atomic mass is 10.2. The molecule has 1 aromatic carbocycles. The van der Waals surface area contributed by atoms with E-state index in [0.29, 0.717) is 19.4 Å². The van der Waals surface area contributed by atoms with Crippen molar-refractivity contribution in [1.29, 1.82) is 0 Å². The maximum absolute atomic E-state index is 11.4. The molecule has 1 unspecified atom stereocenters. The number of hydrogen-bond acceptors (Lipinski definition) is 2. The van der Waals surface area contributed by atoms with Gasteiger partial charge in [0.25, 0.3) is 0 Å². The van der Waals surface area contributed by atoms with Gasteiger partial charge in [0, 0.05) is 13.0 Å². The zero-order valence-electron chi connectivity index (χ0n) is 9.23. The van der Waals surface area contributed by atoms with Crippen LogP contribution in [0.3, 0.4) is 0 Å². The topological polar surface area (TPSA) is 49.3 Å². The van der Waals surface area contributed by atoms with Crippen LogP contribution in [0.1, 0.15) is 18.4 Å². The predicted molar refractivity (Wildman–Crippen MR) is 63.7 cm³/mol. The minimum atomic E-state index is -0.595. The smallest absolute Gasteiger partial charge is 0.220 e. The van der Waals surface area contributed by atoms with Gasteiger partial charge in [-0.3, -0.25) is 4.79 Å². The Morgan fingerprint density at radius 3 is 2.75 bits per heavy atom. The summed E-state index contributed by atoms with van der Waals surface area (Å²) in [6, 6.07) is 9.72. The highest BCUT2D eigenvalue weighted by Gasteiger charge is 2.04. The van der Waals surface area contributed by atoms with E-state index in [2.05, 4.69) is 11.9 Å². The van der Waals surface area contributed by atoms with E-state index in [1.54, 1.807) is 0 Å². The number of aliphatic hydroxyl groups excluding tert-OH is 1. The molecule has 3 nitrogen and oxygen atoms in total. The summed E-state index contributed by atoms with van der Waals surface area (Å²) >= 11 is 0. The highest BCUT2D eigenvalue weighted by atomic mass is 16.3. The first-order valence-corrected chi connectivity index (χ1v) is 5.33. The zero-order valence-corrected chi connectivity index (χ0v) is 9.23. The molecule has 1 atom stereocenters. The Bertz CT molecular complexity index is 335. The number of carbonyl (C=O) groups excluding carboxylic acids is 1. The minimum absolute atomic E-state index is 0.0512. The lowest BCUT2D eigenvalue weighted by Crippen LogP contribution is -2.23. The first-order chi connectivity index (χ1) is 7.72. The molecular formula is C13H17NO2. The summed E-state index contributed by atoms with van der Waals surface area (Å²) in [5, 5.41) is 12.0. The quantitative estimate of drug-likeness (QED) is 0.714. The van der Waals surface area contributed by atoms with Gasteiger partial charge >= 0.3 is 0 Å². The molecule has 1 aromatic rings. The molecule has 2 N–H and O–H groups in total. The molecular weight excluding hydrogens is 202 g/mol. The summed E-state index contributed by atoms with van der Waals surface area (Å²) < 4.78 is 0. The molecule has 1 rings (SSSR count). The second kappa shape index (κ2) is 6.80. The Kier molecular flexibility index (Phi) is 5.29. The van der Waals surface area contributed by atoms with Gasteiger partial charge in [-0.05, 0) is 12.0 Å². The molecule has 0 saturated carbocycles. The van der Waals surface area contributed by atoms with Crippen molar-refractivity contribution in [3.63, 3.8) is 0 Å². The van der Waals surface area contributed by atoms with Crippen molar-refractivity contribution in [3.8, 4) is 0 Å². The molecule has 3 heteroatoms. The van der Waals surface area contributed by atoms with Gasteiger partial charge in [-0.25, -0.2) is 0 Å². The summed E-state index contributed by atoms with van der Waals surface area (Å²) in [7, 11) is 0. The first-order valence-electron chi connectivity index (χ1n) is 5.33. The van der Waals surface area contributed by atoms with E-state index in [1.807, 2.05) is 30.3 Å². The molecule has 0 radical (unpaired) electrons. The van der Waals surface area contributed by atoms with E-state index in [-0.39, 0.29) is 5.91 Å². The van der Waals surface area contributed by atoms with E-state index < -0.39 is 6.10 Å². The van der Waals surface area contributed by atoms with Crippen molar-refractivity contribution in [3.05, 3.63) is 48.6 Å². The van der Waals surface area contributed by atoms with Crippen LogP contribution in [-0.4, -0.2) is 17.1 Å². The summed E-state index contributed by atoms with van der Waals surface area (Å²) in [4.78, 5) is 11.4. The van der Waals surface area contributed by atoms with E-state index >= 15 is 0 Å². The molecule has 0 saturated heterocycles.